The molecule has 0 saturated carbocycles. The van der Waals surface area contributed by atoms with Crippen molar-refractivity contribution in [1.29, 1.82) is 0 Å². The highest BCUT2D eigenvalue weighted by Crippen LogP contribution is 2.33. The van der Waals surface area contributed by atoms with Gasteiger partial charge in [0, 0.05) is 10.4 Å². The van der Waals surface area contributed by atoms with Gasteiger partial charge in [-0.25, -0.2) is 10.2 Å². The zero-order valence-corrected chi connectivity index (χ0v) is 17.8. The molecule has 2 N–H and O–H groups in total. The van der Waals surface area contributed by atoms with Crippen LogP contribution in [0, 0.1) is 5.41 Å². The summed E-state index contributed by atoms with van der Waals surface area (Å²) in [6.07, 6.45) is 3.76. The molecule has 0 bridgehead atoms. The quantitative estimate of drug-likeness (QED) is 0.461. The predicted molar refractivity (Wildman–Crippen MR) is 117 cm³/mol. The SMILES string of the molecule is CC(C)(C)C(/C=C/c1ccc2c(c1)OCO2)=N/NC(=O)Nc1ccc(Cl)cc1Cl. The summed E-state index contributed by atoms with van der Waals surface area (Å²) in [6, 6.07) is 9.98. The van der Waals surface area contributed by atoms with Crippen LogP contribution < -0.4 is 20.2 Å². The van der Waals surface area contributed by atoms with Crippen LogP contribution in [0.3, 0.4) is 0 Å². The maximum atomic E-state index is 12.2. The third kappa shape index (κ3) is 5.65. The highest BCUT2D eigenvalue weighted by atomic mass is 35.5. The van der Waals surface area contributed by atoms with Crippen LogP contribution in [0.1, 0.15) is 26.3 Å². The van der Waals surface area contributed by atoms with E-state index in [1.165, 1.54) is 0 Å². The number of anilines is 1. The van der Waals surface area contributed by atoms with Crippen molar-refractivity contribution in [2.75, 3.05) is 12.1 Å². The minimum absolute atomic E-state index is 0.230. The molecule has 0 unspecified atom stereocenters. The number of ether oxygens (including phenoxy) is 2. The van der Waals surface area contributed by atoms with Crippen molar-refractivity contribution >= 4 is 46.7 Å². The van der Waals surface area contributed by atoms with E-state index in [9.17, 15) is 4.79 Å². The fourth-order valence-electron chi connectivity index (χ4n) is 2.50. The Hall–Kier alpha value is -2.70. The zero-order chi connectivity index (χ0) is 21.0. The minimum atomic E-state index is -0.507. The minimum Gasteiger partial charge on any atom is -0.454 e. The molecule has 29 heavy (non-hydrogen) atoms. The molecule has 0 spiro atoms. The molecule has 1 aliphatic heterocycles. The number of rotatable bonds is 4. The lowest BCUT2D eigenvalue weighted by Gasteiger charge is -2.18. The third-order valence-electron chi connectivity index (χ3n) is 4.06. The van der Waals surface area contributed by atoms with Gasteiger partial charge in [-0.15, -0.1) is 0 Å². The molecule has 6 nitrogen and oxygen atoms in total. The maximum absolute atomic E-state index is 12.2. The summed E-state index contributed by atoms with van der Waals surface area (Å²) >= 11 is 11.9. The second kappa shape index (κ2) is 8.76. The first-order valence-corrected chi connectivity index (χ1v) is 9.66. The number of carbonyl (C=O) groups excluding carboxylic acids is 1. The van der Waals surface area contributed by atoms with E-state index < -0.39 is 6.03 Å². The Morgan fingerprint density at radius 2 is 1.86 bits per heavy atom. The number of hydrogen-bond acceptors (Lipinski definition) is 4. The van der Waals surface area contributed by atoms with Gasteiger partial charge in [0.15, 0.2) is 11.5 Å². The van der Waals surface area contributed by atoms with Crippen molar-refractivity contribution in [3.63, 3.8) is 0 Å². The van der Waals surface area contributed by atoms with Gasteiger partial charge < -0.3 is 14.8 Å². The van der Waals surface area contributed by atoms with E-state index in [4.69, 9.17) is 32.7 Å². The summed E-state index contributed by atoms with van der Waals surface area (Å²) in [6.45, 7) is 6.25. The molecule has 1 aliphatic rings. The van der Waals surface area contributed by atoms with Crippen molar-refractivity contribution in [2.24, 2.45) is 10.5 Å². The summed E-state index contributed by atoms with van der Waals surface area (Å²) in [5, 5.41) is 7.74. The molecule has 152 valence electrons. The molecule has 0 aliphatic carbocycles. The summed E-state index contributed by atoms with van der Waals surface area (Å²) in [7, 11) is 0. The Kier molecular flexibility index (Phi) is 6.35. The van der Waals surface area contributed by atoms with E-state index in [2.05, 4.69) is 15.8 Å². The molecular weight excluding hydrogens is 413 g/mol. The zero-order valence-electron chi connectivity index (χ0n) is 16.3. The monoisotopic (exact) mass is 433 g/mol. The maximum Gasteiger partial charge on any atom is 0.339 e. The van der Waals surface area contributed by atoms with Crippen molar-refractivity contribution in [3.8, 4) is 11.5 Å². The second-order valence-electron chi connectivity index (χ2n) is 7.38. The average Bonchev–Trinajstić information content (AvgIpc) is 3.10. The van der Waals surface area contributed by atoms with Crippen molar-refractivity contribution < 1.29 is 14.3 Å². The van der Waals surface area contributed by atoms with Gasteiger partial charge in [0.25, 0.3) is 0 Å². The van der Waals surface area contributed by atoms with Crippen LogP contribution in [0.15, 0.2) is 47.6 Å². The molecule has 0 atom stereocenters. The van der Waals surface area contributed by atoms with Gasteiger partial charge in [-0.1, -0.05) is 56.1 Å². The fraction of sp³-hybridized carbons (Fsp3) is 0.238. The number of allylic oxidation sites excluding steroid dienone is 1. The molecular formula is C21H21Cl2N3O3. The van der Waals surface area contributed by atoms with Gasteiger partial charge in [0.2, 0.25) is 6.79 Å². The number of urea groups is 1. The van der Waals surface area contributed by atoms with Gasteiger partial charge in [-0.3, -0.25) is 0 Å². The molecule has 0 aromatic heterocycles. The molecule has 2 aromatic carbocycles. The van der Waals surface area contributed by atoms with Crippen LogP contribution in [0.2, 0.25) is 10.0 Å². The molecule has 2 amide bonds. The lowest BCUT2D eigenvalue weighted by Crippen LogP contribution is -2.28. The van der Waals surface area contributed by atoms with Crippen LogP contribution in [0.5, 0.6) is 11.5 Å². The standard InChI is InChI=1S/C21H21Cl2N3O3/c1-21(2,3)19(9-5-13-4-8-17-18(10-13)29-12-28-17)25-26-20(27)24-16-7-6-14(22)11-15(16)23/h4-11H,12H2,1-3H3,(H2,24,26,27)/b9-5+,25-19+. The normalized spacial score (nSPS) is 13.6. The number of hydrazone groups is 1. The van der Waals surface area contributed by atoms with E-state index in [0.29, 0.717) is 27.2 Å². The van der Waals surface area contributed by atoms with Crippen LogP contribution in [-0.2, 0) is 0 Å². The van der Waals surface area contributed by atoms with Crippen molar-refractivity contribution in [2.45, 2.75) is 20.8 Å². The molecule has 1 heterocycles. The van der Waals surface area contributed by atoms with E-state index in [1.54, 1.807) is 18.2 Å². The Balaban J connectivity index is 1.71. The molecule has 3 rings (SSSR count). The fourth-order valence-corrected chi connectivity index (χ4v) is 2.95. The molecule has 0 saturated heterocycles. The van der Waals surface area contributed by atoms with Crippen LogP contribution in [0.25, 0.3) is 6.08 Å². The first-order valence-electron chi connectivity index (χ1n) is 8.90. The second-order valence-corrected chi connectivity index (χ2v) is 8.23. The van der Waals surface area contributed by atoms with Crippen LogP contribution in [0.4, 0.5) is 10.5 Å². The first kappa shape index (κ1) is 21.0. The van der Waals surface area contributed by atoms with E-state index in [-0.39, 0.29) is 12.2 Å². The smallest absolute Gasteiger partial charge is 0.339 e. The van der Waals surface area contributed by atoms with Gasteiger partial charge in [0.1, 0.15) is 0 Å². The van der Waals surface area contributed by atoms with Crippen LogP contribution in [-0.4, -0.2) is 18.5 Å². The summed E-state index contributed by atoms with van der Waals surface area (Å²) < 4.78 is 10.7. The van der Waals surface area contributed by atoms with Gasteiger partial charge in [0.05, 0.1) is 16.4 Å². The highest BCUT2D eigenvalue weighted by Gasteiger charge is 2.18. The lowest BCUT2D eigenvalue weighted by molar-refractivity contribution is 0.174. The average molecular weight is 434 g/mol. The number of benzene rings is 2. The Morgan fingerprint density at radius 3 is 2.59 bits per heavy atom. The van der Waals surface area contributed by atoms with Gasteiger partial charge in [-0.05, 0) is 42.0 Å². The molecule has 0 radical (unpaired) electrons. The third-order valence-corrected chi connectivity index (χ3v) is 4.60. The first-order chi connectivity index (χ1) is 13.7. The Morgan fingerprint density at radius 1 is 1.10 bits per heavy atom. The summed E-state index contributed by atoms with van der Waals surface area (Å²) in [5.74, 6) is 1.44. The summed E-state index contributed by atoms with van der Waals surface area (Å²) in [5.41, 5.74) is 4.28. The number of halogens is 2. The number of hydrogen-bond donors (Lipinski definition) is 2. The highest BCUT2D eigenvalue weighted by molar-refractivity contribution is 6.36. The van der Waals surface area contributed by atoms with Crippen molar-refractivity contribution in [3.05, 3.63) is 58.1 Å². The van der Waals surface area contributed by atoms with Gasteiger partial charge in [-0.2, -0.15) is 5.10 Å². The molecule has 2 aromatic rings. The Bertz CT molecular complexity index is 982. The van der Waals surface area contributed by atoms with E-state index in [0.717, 1.165) is 11.3 Å². The Labute approximate surface area is 179 Å². The van der Waals surface area contributed by atoms with Gasteiger partial charge >= 0.3 is 6.03 Å². The number of nitrogens with one attached hydrogen (secondary N) is 2. The topological polar surface area (TPSA) is 72.0 Å². The lowest BCUT2D eigenvalue weighted by atomic mass is 9.89. The summed E-state index contributed by atoms with van der Waals surface area (Å²) in [4.78, 5) is 12.2. The van der Waals surface area contributed by atoms with Crippen molar-refractivity contribution in [1.82, 2.24) is 5.43 Å². The number of fused-ring (bicyclic) bond motifs is 1. The predicted octanol–water partition coefficient (Wildman–Crippen LogP) is 5.96. The molecule has 8 heteroatoms. The number of carbonyl (C=O) groups is 1. The molecule has 0 fully saturated rings. The van der Waals surface area contributed by atoms with Crippen LogP contribution >= 0.6 is 23.2 Å². The van der Waals surface area contributed by atoms with E-state index >= 15 is 0 Å². The number of nitrogens with zero attached hydrogens (tertiary/aromatic N) is 1. The largest absolute Gasteiger partial charge is 0.454 e. The van der Waals surface area contributed by atoms with E-state index in [1.807, 2.05) is 51.1 Å². The number of amides is 2.